The first-order valence-electron chi connectivity index (χ1n) is 11.3. The lowest BCUT2D eigenvalue weighted by molar-refractivity contribution is -0.169. The predicted molar refractivity (Wildman–Crippen MR) is 126 cm³/mol. The van der Waals surface area contributed by atoms with E-state index in [4.69, 9.17) is 14.6 Å². The third-order valence-corrected chi connectivity index (χ3v) is 6.08. The topological polar surface area (TPSA) is 59.0 Å². The minimum atomic E-state index is -4.36. The molecule has 0 spiro atoms. The molecule has 3 aromatic carbocycles. The van der Waals surface area contributed by atoms with E-state index in [1.54, 1.807) is 30.3 Å². The number of hydrogen-bond donors (Lipinski definition) is 1. The van der Waals surface area contributed by atoms with Crippen LogP contribution in [0.1, 0.15) is 24.0 Å². The van der Waals surface area contributed by atoms with Crippen LogP contribution in [0.3, 0.4) is 0 Å². The molecular weight excluding hydrogens is 459 g/mol. The van der Waals surface area contributed by atoms with Gasteiger partial charge in [0.25, 0.3) is 0 Å². The Bertz CT molecular complexity index is 1150. The molecule has 0 aromatic heterocycles. The standard InChI is InChI=1S/C27H26F3NO4/c1-18-13-24(34-17-19-5-3-2-4-6-19)11-12-25(18)35-23-9-7-21(8-10-23)31-16-20(27(28,29)30)14-22(31)15-26(32)33/h2-13,20,22H,14-17H2,1H3,(H,32,33). The average molecular weight is 486 g/mol. The fourth-order valence-electron chi connectivity index (χ4n) is 4.26. The third-order valence-electron chi connectivity index (χ3n) is 6.08. The summed E-state index contributed by atoms with van der Waals surface area (Å²) in [5.41, 5.74) is 2.47. The van der Waals surface area contributed by atoms with Crippen LogP contribution in [0, 0.1) is 12.8 Å². The largest absolute Gasteiger partial charge is 0.489 e. The van der Waals surface area contributed by atoms with Gasteiger partial charge in [-0.05, 0) is 66.9 Å². The van der Waals surface area contributed by atoms with Gasteiger partial charge in [0.05, 0.1) is 12.3 Å². The van der Waals surface area contributed by atoms with E-state index in [9.17, 15) is 18.0 Å². The maximum atomic E-state index is 13.3. The number of hydrogen-bond acceptors (Lipinski definition) is 4. The van der Waals surface area contributed by atoms with Crippen molar-refractivity contribution in [3.8, 4) is 17.2 Å². The molecule has 8 heteroatoms. The molecule has 1 aliphatic heterocycles. The molecule has 0 amide bonds. The summed E-state index contributed by atoms with van der Waals surface area (Å²) < 4.78 is 51.6. The molecule has 5 nitrogen and oxygen atoms in total. The summed E-state index contributed by atoms with van der Waals surface area (Å²) in [5.74, 6) is -0.794. The number of anilines is 1. The molecule has 0 bridgehead atoms. The number of aryl methyl sites for hydroxylation is 1. The second kappa shape index (κ2) is 10.3. The molecule has 1 saturated heterocycles. The van der Waals surface area contributed by atoms with Crippen LogP contribution in [0.2, 0.25) is 0 Å². The maximum Gasteiger partial charge on any atom is 0.393 e. The highest BCUT2D eigenvalue weighted by molar-refractivity contribution is 5.69. The minimum Gasteiger partial charge on any atom is -0.489 e. The van der Waals surface area contributed by atoms with Crippen molar-refractivity contribution in [3.05, 3.63) is 83.9 Å². The summed E-state index contributed by atoms with van der Waals surface area (Å²) in [6.07, 6.45) is -4.93. The number of carboxylic acids is 1. The summed E-state index contributed by atoms with van der Waals surface area (Å²) >= 11 is 0. The smallest absolute Gasteiger partial charge is 0.393 e. The van der Waals surface area contributed by atoms with Crippen LogP contribution in [0.25, 0.3) is 0 Å². The van der Waals surface area contributed by atoms with Gasteiger partial charge in [-0.3, -0.25) is 4.79 Å². The number of halogens is 3. The van der Waals surface area contributed by atoms with E-state index < -0.39 is 24.1 Å². The Morgan fingerprint density at radius 1 is 1.03 bits per heavy atom. The Hall–Kier alpha value is -3.68. The average Bonchev–Trinajstić information content (AvgIpc) is 3.24. The molecular formula is C27H26F3NO4. The molecule has 0 radical (unpaired) electrons. The monoisotopic (exact) mass is 485 g/mol. The molecule has 3 aromatic rings. The summed E-state index contributed by atoms with van der Waals surface area (Å²) in [5, 5.41) is 9.14. The van der Waals surface area contributed by atoms with Gasteiger partial charge in [0.2, 0.25) is 0 Å². The minimum absolute atomic E-state index is 0.230. The van der Waals surface area contributed by atoms with Crippen LogP contribution in [-0.2, 0) is 11.4 Å². The summed E-state index contributed by atoms with van der Waals surface area (Å²) in [6, 6.07) is 21.3. The number of rotatable bonds is 8. The lowest BCUT2D eigenvalue weighted by atomic mass is 10.0. The van der Waals surface area contributed by atoms with Gasteiger partial charge in [-0.2, -0.15) is 13.2 Å². The Labute approximate surface area is 201 Å². The highest BCUT2D eigenvalue weighted by atomic mass is 19.4. The normalized spacial score (nSPS) is 17.9. The van der Waals surface area contributed by atoms with Crippen LogP contribution in [0.4, 0.5) is 18.9 Å². The summed E-state index contributed by atoms with van der Waals surface area (Å²) in [6.45, 7) is 2.10. The van der Waals surface area contributed by atoms with Crippen LogP contribution in [0.5, 0.6) is 17.2 Å². The Balaban J connectivity index is 1.41. The third kappa shape index (κ3) is 6.26. The SMILES string of the molecule is Cc1cc(OCc2ccccc2)ccc1Oc1ccc(N2CC(C(F)(F)F)CC2CC(=O)O)cc1. The first-order valence-corrected chi connectivity index (χ1v) is 11.3. The number of alkyl halides is 3. The van der Waals surface area contributed by atoms with E-state index in [2.05, 4.69) is 0 Å². The highest BCUT2D eigenvalue weighted by Crippen LogP contribution is 2.40. The molecule has 1 aliphatic rings. The number of carbonyl (C=O) groups is 1. The van der Waals surface area contributed by atoms with Gasteiger partial charge < -0.3 is 19.5 Å². The zero-order valence-corrected chi connectivity index (χ0v) is 19.2. The Kier molecular flexibility index (Phi) is 7.19. The summed E-state index contributed by atoms with van der Waals surface area (Å²) in [7, 11) is 0. The maximum absolute atomic E-state index is 13.3. The van der Waals surface area contributed by atoms with Crippen molar-refractivity contribution in [2.24, 2.45) is 5.92 Å². The van der Waals surface area contributed by atoms with E-state index in [0.29, 0.717) is 29.5 Å². The van der Waals surface area contributed by atoms with Crippen LogP contribution < -0.4 is 14.4 Å². The lowest BCUT2D eigenvalue weighted by Gasteiger charge is -2.26. The number of aliphatic carboxylic acids is 1. The van der Waals surface area contributed by atoms with E-state index in [1.165, 1.54) is 4.90 Å². The van der Waals surface area contributed by atoms with Gasteiger partial charge in [-0.1, -0.05) is 30.3 Å². The van der Waals surface area contributed by atoms with Gasteiger partial charge in [0, 0.05) is 18.3 Å². The van der Waals surface area contributed by atoms with Gasteiger partial charge in [0.1, 0.15) is 23.9 Å². The van der Waals surface area contributed by atoms with Crippen molar-refractivity contribution in [3.63, 3.8) is 0 Å². The zero-order chi connectivity index (χ0) is 25.0. The molecule has 1 fully saturated rings. The van der Waals surface area contributed by atoms with Crippen LogP contribution >= 0.6 is 0 Å². The lowest BCUT2D eigenvalue weighted by Crippen LogP contribution is -2.32. The van der Waals surface area contributed by atoms with Crippen molar-refractivity contribution >= 4 is 11.7 Å². The number of nitrogens with zero attached hydrogens (tertiary/aromatic N) is 1. The molecule has 0 aliphatic carbocycles. The van der Waals surface area contributed by atoms with E-state index in [-0.39, 0.29) is 19.4 Å². The van der Waals surface area contributed by atoms with Gasteiger partial charge >= 0.3 is 12.1 Å². The highest BCUT2D eigenvalue weighted by Gasteiger charge is 2.47. The number of benzene rings is 3. The number of carboxylic acid groups (broad SMARTS) is 1. The van der Waals surface area contributed by atoms with Crippen molar-refractivity contribution in [2.75, 3.05) is 11.4 Å². The van der Waals surface area contributed by atoms with E-state index in [0.717, 1.165) is 11.1 Å². The second-order valence-corrected chi connectivity index (χ2v) is 8.68. The first-order chi connectivity index (χ1) is 16.7. The Morgan fingerprint density at radius 2 is 1.71 bits per heavy atom. The van der Waals surface area contributed by atoms with Crippen molar-refractivity contribution in [2.45, 2.75) is 38.6 Å². The molecule has 35 heavy (non-hydrogen) atoms. The van der Waals surface area contributed by atoms with Gasteiger partial charge in [-0.15, -0.1) is 0 Å². The van der Waals surface area contributed by atoms with Crippen molar-refractivity contribution < 1.29 is 32.5 Å². The first kappa shape index (κ1) is 24.4. The molecule has 1 N–H and O–H groups in total. The van der Waals surface area contributed by atoms with Crippen molar-refractivity contribution in [1.29, 1.82) is 0 Å². The molecule has 2 atom stereocenters. The quantitative estimate of drug-likeness (QED) is 0.390. The number of ether oxygens (including phenoxy) is 2. The van der Waals surface area contributed by atoms with Gasteiger partial charge in [0.15, 0.2) is 0 Å². The second-order valence-electron chi connectivity index (χ2n) is 8.68. The van der Waals surface area contributed by atoms with Crippen LogP contribution in [0.15, 0.2) is 72.8 Å². The molecule has 184 valence electrons. The van der Waals surface area contributed by atoms with Gasteiger partial charge in [-0.25, -0.2) is 0 Å². The van der Waals surface area contributed by atoms with Crippen LogP contribution in [-0.4, -0.2) is 29.8 Å². The predicted octanol–water partition coefficient (Wildman–Crippen LogP) is 6.60. The fourth-order valence-corrected chi connectivity index (χ4v) is 4.26. The van der Waals surface area contributed by atoms with E-state index >= 15 is 0 Å². The Morgan fingerprint density at radius 3 is 2.34 bits per heavy atom. The van der Waals surface area contributed by atoms with E-state index in [1.807, 2.05) is 49.4 Å². The fraction of sp³-hybridized carbons (Fsp3) is 0.296. The molecule has 2 unspecified atom stereocenters. The molecule has 0 saturated carbocycles. The summed E-state index contributed by atoms with van der Waals surface area (Å²) in [4.78, 5) is 12.7. The van der Waals surface area contributed by atoms with Crippen molar-refractivity contribution in [1.82, 2.24) is 0 Å². The zero-order valence-electron chi connectivity index (χ0n) is 19.2. The molecule has 1 heterocycles. The molecule has 4 rings (SSSR count).